The Bertz CT molecular complexity index is 705. The number of aryl methyl sites for hydroxylation is 2. The molecule has 156 valence electrons. The Morgan fingerprint density at radius 3 is 2.54 bits per heavy atom. The topological polar surface area (TPSA) is 77.0 Å². The number of carbonyl (C=O) groups is 1. The molecule has 0 amide bonds. The summed E-state index contributed by atoms with van der Waals surface area (Å²) in [4.78, 5) is 12.3. The lowest BCUT2D eigenvalue weighted by molar-refractivity contribution is 0.0204. The number of methoxy groups -OCH3 is 1. The van der Waals surface area contributed by atoms with Gasteiger partial charge < -0.3 is 19.3 Å². The molecule has 0 spiro atoms. The Morgan fingerprint density at radius 1 is 1.29 bits per heavy atom. The molecule has 0 unspecified atom stereocenters. The lowest BCUT2D eigenvalue weighted by Gasteiger charge is -2.41. The highest BCUT2D eigenvalue weighted by molar-refractivity contribution is 5.73. The van der Waals surface area contributed by atoms with E-state index in [0.29, 0.717) is 18.6 Å². The van der Waals surface area contributed by atoms with Crippen molar-refractivity contribution in [1.29, 1.82) is 0 Å². The first-order valence-electron chi connectivity index (χ1n) is 9.89. The minimum atomic E-state index is -0.727. The van der Waals surface area contributed by atoms with Crippen LogP contribution in [-0.2, 0) is 14.2 Å². The van der Waals surface area contributed by atoms with Gasteiger partial charge in [0.15, 0.2) is 0 Å². The number of carbonyl (C=O) groups excluding carboxylic acids is 1. The second-order valence-corrected chi connectivity index (χ2v) is 7.41. The average molecular weight is 392 g/mol. The molecule has 1 aromatic carbocycles. The van der Waals surface area contributed by atoms with Gasteiger partial charge in [0.1, 0.15) is 5.76 Å². The predicted molar refractivity (Wildman–Crippen MR) is 109 cm³/mol. The summed E-state index contributed by atoms with van der Waals surface area (Å²) in [6, 6.07) is 6.21. The van der Waals surface area contributed by atoms with Gasteiger partial charge in [-0.2, -0.15) is 0 Å². The fourth-order valence-electron chi connectivity index (χ4n) is 3.98. The number of nitrogens with one attached hydrogen (secondary N) is 1. The molecule has 2 rings (SSSR count). The van der Waals surface area contributed by atoms with Gasteiger partial charge in [-0.25, -0.2) is 4.79 Å². The highest BCUT2D eigenvalue weighted by Crippen LogP contribution is 2.40. The van der Waals surface area contributed by atoms with E-state index in [4.69, 9.17) is 14.2 Å². The van der Waals surface area contributed by atoms with Gasteiger partial charge in [-0.15, -0.1) is 0 Å². The monoisotopic (exact) mass is 391 g/mol. The summed E-state index contributed by atoms with van der Waals surface area (Å²) in [5, 5.41) is 12.9. The van der Waals surface area contributed by atoms with Crippen LogP contribution in [0.25, 0.3) is 5.57 Å². The highest BCUT2D eigenvalue weighted by Gasteiger charge is 2.42. The molecule has 0 aliphatic heterocycles. The Balaban J connectivity index is 2.55. The van der Waals surface area contributed by atoms with Gasteiger partial charge in [-0.05, 0) is 70.1 Å². The number of allylic oxidation sites excluding steroid dienone is 1. The number of benzene rings is 1. The van der Waals surface area contributed by atoms with E-state index in [1.165, 1.54) is 0 Å². The molecule has 28 heavy (non-hydrogen) atoms. The second kappa shape index (κ2) is 10.0. The number of hydrogen-bond donors (Lipinski definition) is 2. The molecule has 1 aliphatic carbocycles. The molecule has 6 nitrogen and oxygen atoms in total. The lowest BCUT2D eigenvalue weighted by Crippen LogP contribution is -2.52. The Kier molecular flexibility index (Phi) is 8.04. The number of aliphatic hydroxyl groups is 1. The number of rotatable bonds is 7. The van der Waals surface area contributed by atoms with Crippen LogP contribution in [0.4, 0.5) is 4.79 Å². The molecule has 1 aromatic rings. The van der Waals surface area contributed by atoms with Crippen LogP contribution < -0.4 is 5.32 Å². The van der Waals surface area contributed by atoms with E-state index in [9.17, 15) is 9.90 Å². The SMILES string of the molecule is CCOC(=O)O/C(=C(/C)c1cc(C)ccc1C)C1(NCO)CCC(OC)CC1. The summed E-state index contributed by atoms with van der Waals surface area (Å²) in [6.45, 7) is 7.80. The van der Waals surface area contributed by atoms with Crippen molar-refractivity contribution < 1.29 is 24.1 Å². The summed E-state index contributed by atoms with van der Waals surface area (Å²) >= 11 is 0. The maximum Gasteiger partial charge on any atom is 0.513 e. The standard InChI is InChI=1S/C22H33NO5/c1-6-27-21(25)28-20(17(4)19-13-15(2)7-8-16(19)3)22(23-14-24)11-9-18(26-5)10-12-22/h7-8,13,18,23-24H,6,9-12,14H2,1-5H3/b20-17-. The molecule has 0 saturated heterocycles. The molecule has 0 radical (unpaired) electrons. The summed E-state index contributed by atoms with van der Waals surface area (Å²) in [5.74, 6) is 0.517. The lowest BCUT2D eigenvalue weighted by atomic mass is 9.76. The summed E-state index contributed by atoms with van der Waals surface area (Å²) in [7, 11) is 1.71. The molecule has 0 heterocycles. The summed E-state index contributed by atoms with van der Waals surface area (Å²) in [6.07, 6.45) is 2.42. The molecule has 1 aliphatic rings. The van der Waals surface area contributed by atoms with E-state index in [1.807, 2.05) is 20.8 Å². The Morgan fingerprint density at radius 2 is 1.96 bits per heavy atom. The van der Waals surface area contributed by atoms with E-state index in [-0.39, 0.29) is 19.4 Å². The number of aliphatic hydroxyl groups excluding tert-OH is 1. The van der Waals surface area contributed by atoms with Crippen LogP contribution in [0.15, 0.2) is 24.0 Å². The predicted octanol–water partition coefficient (Wildman–Crippen LogP) is 4.07. The average Bonchev–Trinajstić information content (AvgIpc) is 2.68. The first-order chi connectivity index (χ1) is 13.4. The van der Waals surface area contributed by atoms with Crippen LogP contribution in [0.2, 0.25) is 0 Å². The van der Waals surface area contributed by atoms with Gasteiger partial charge in [0.05, 0.1) is 25.0 Å². The molecular formula is C22H33NO5. The van der Waals surface area contributed by atoms with E-state index in [2.05, 4.69) is 23.5 Å². The molecule has 0 atom stereocenters. The van der Waals surface area contributed by atoms with Crippen LogP contribution in [0, 0.1) is 13.8 Å². The minimum Gasteiger partial charge on any atom is -0.434 e. The van der Waals surface area contributed by atoms with E-state index < -0.39 is 11.7 Å². The maximum atomic E-state index is 12.3. The van der Waals surface area contributed by atoms with Crippen LogP contribution in [-0.4, -0.2) is 43.4 Å². The van der Waals surface area contributed by atoms with Crippen molar-refractivity contribution in [2.45, 2.75) is 65.0 Å². The maximum absolute atomic E-state index is 12.3. The van der Waals surface area contributed by atoms with Crippen LogP contribution >= 0.6 is 0 Å². The fourth-order valence-corrected chi connectivity index (χ4v) is 3.98. The molecule has 1 saturated carbocycles. The molecule has 0 aromatic heterocycles. The van der Waals surface area contributed by atoms with Crippen molar-refractivity contribution in [1.82, 2.24) is 5.32 Å². The van der Waals surface area contributed by atoms with E-state index in [1.54, 1.807) is 14.0 Å². The first kappa shape index (κ1) is 22.4. The van der Waals surface area contributed by atoms with Gasteiger partial charge in [0.2, 0.25) is 0 Å². The molecule has 1 fully saturated rings. The van der Waals surface area contributed by atoms with Gasteiger partial charge in [-0.1, -0.05) is 23.8 Å². The van der Waals surface area contributed by atoms with E-state index in [0.717, 1.165) is 35.1 Å². The van der Waals surface area contributed by atoms with Crippen molar-refractivity contribution in [3.05, 3.63) is 40.6 Å². The first-order valence-corrected chi connectivity index (χ1v) is 9.89. The molecule has 6 heteroatoms. The van der Waals surface area contributed by atoms with Gasteiger partial charge in [-0.3, -0.25) is 5.32 Å². The fraction of sp³-hybridized carbons (Fsp3) is 0.591. The van der Waals surface area contributed by atoms with Crippen molar-refractivity contribution in [2.75, 3.05) is 20.4 Å². The Hall–Kier alpha value is -1.89. The highest BCUT2D eigenvalue weighted by atomic mass is 16.7. The van der Waals surface area contributed by atoms with Crippen molar-refractivity contribution in [3.63, 3.8) is 0 Å². The Labute approximate surface area is 167 Å². The molecule has 0 bridgehead atoms. The molecule has 2 N–H and O–H groups in total. The van der Waals surface area contributed by atoms with Gasteiger partial charge in [0, 0.05) is 7.11 Å². The van der Waals surface area contributed by atoms with Crippen LogP contribution in [0.5, 0.6) is 0 Å². The van der Waals surface area contributed by atoms with Crippen LogP contribution in [0.3, 0.4) is 0 Å². The van der Waals surface area contributed by atoms with Crippen molar-refractivity contribution >= 4 is 11.7 Å². The quantitative estimate of drug-likeness (QED) is 0.414. The van der Waals surface area contributed by atoms with Gasteiger partial charge >= 0.3 is 6.16 Å². The summed E-state index contributed by atoms with van der Waals surface area (Å²) < 4.78 is 16.3. The second-order valence-electron chi connectivity index (χ2n) is 7.41. The third-order valence-electron chi connectivity index (χ3n) is 5.56. The number of ether oxygens (including phenoxy) is 3. The van der Waals surface area contributed by atoms with E-state index >= 15 is 0 Å². The zero-order chi connectivity index (χ0) is 20.7. The third kappa shape index (κ3) is 5.13. The molecular weight excluding hydrogens is 358 g/mol. The largest absolute Gasteiger partial charge is 0.513 e. The zero-order valence-corrected chi connectivity index (χ0v) is 17.6. The van der Waals surface area contributed by atoms with Gasteiger partial charge in [0.25, 0.3) is 0 Å². The zero-order valence-electron chi connectivity index (χ0n) is 17.6. The van der Waals surface area contributed by atoms with Crippen LogP contribution in [0.1, 0.15) is 56.2 Å². The minimum absolute atomic E-state index is 0.165. The van der Waals surface area contributed by atoms with Crippen molar-refractivity contribution in [2.24, 2.45) is 0 Å². The summed E-state index contributed by atoms with van der Waals surface area (Å²) in [5.41, 5.74) is 3.45. The normalized spacial score (nSPS) is 23.1. The smallest absolute Gasteiger partial charge is 0.434 e. The van der Waals surface area contributed by atoms with Crippen molar-refractivity contribution in [3.8, 4) is 0 Å². The third-order valence-corrected chi connectivity index (χ3v) is 5.56. The number of hydrogen-bond acceptors (Lipinski definition) is 6.